The number of ether oxygens (including phenoxy) is 1. The average molecular weight is 564 g/mol. The zero-order valence-corrected chi connectivity index (χ0v) is 23.3. The molecule has 0 radical (unpaired) electrons. The fourth-order valence-electron chi connectivity index (χ4n) is 6.31. The van der Waals surface area contributed by atoms with Crippen LogP contribution in [0.3, 0.4) is 0 Å². The van der Waals surface area contributed by atoms with Crippen LogP contribution in [0.15, 0.2) is 46.0 Å². The van der Waals surface area contributed by atoms with Gasteiger partial charge in [-0.3, -0.25) is 18.7 Å². The van der Waals surface area contributed by atoms with E-state index in [0.717, 1.165) is 35.5 Å². The Balaban J connectivity index is 1.26. The number of hydrogen-bond donors (Lipinski definition) is 1. The van der Waals surface area contributed by atoms with E-state index in [-0.39, 0.29) is 47.2 Å². The van der Waals surface area contributed by atoms with E-state index in [1.54, 1.807) is 18.7 Å². The van der Waals surface area contributed by atoms with Gasteiger partial charge in [-0.15, -0.1) is 0 Å². The quantitative estimate of drug-likeness (QED) is 0.510. The number of urea groups is 1. The molecule has 3 amide bonds. The van der Waals surface area contributed by atoms with E-state index in [1.165, 1.54) is 10.6 Å². The van der Waals surface area contributed by atoms with Gasteiger partial charge in [-0.1, -0.05) is 18.2 Å². The number of carbonyl (C=O) groups is 2. The Morgan fingerprint density at radius 3 is 2.66 bits per heavy atom. The second-order valence-corrected chi connectivity index (χ2v) is 11.4. The highest BCUT2D eigenvalue weighted by Gasteiger charge is 2.36. The summed E-state index contributed by atoms with van der Waals surface area (Å²) in [4.78, 5) is 56.5. The first-order valence-electron chi connectivity index (χ1n) is 14.3. The zero-order valence-electron chi connectivity index (χ0n) is 23.3. The molecule has 10 nitrogen and oxygen atoms in total. The zero-order chi connectivity index (χ0) is 28.8. The number of amides is 3. The minimum absolute atomic E-state index is 0.0380. The van der Waals surface area contributed by atoms with E-state index in [9.17, 15) is 19.2 Å². The molecule has 216 valence electrons. The van der Waals surface area contributed by atoms with Crippen LogP contribution in [0.5, 0.6) is 0 Å². The van der Waals surface area contributed by atoms with Crippen LogP contribution in [0.4, 0.5) is 14.9 Å². The summed E-state index contributed by atoms with van der Waals surface area (Å²) in [6, 6.07) is 8.99. The number of rotatable bonds is 5. The minimum Gasteiger partial charge on any atom is -0.376 e. The molecule has 11 heteroatoms. The Hall–Kier alpha value is -3.99. The van der Waals surface area contributed by atoms with Crippen LogP contribution in [0.1, 0.15) is 61.5 Å². The maximum Gasteiger partial charge on any atom is 0.331 e. The first-order chi connectivity index (χ1) is 19.7. The predicted octanol–water partition coefficient (Wildman–Crippen LogP) is 3.71. The van der Waals surface area contributed by atoms with E-state index in [0.29, 0.717) is 38.2 Å². The van der Waals surface area contributed by atoms with Crippen LogP contribution in [0, 0.1) is 5.82 Å². The van der Waals surface area contributed by atoms with E-state index >= 15 is 4.39 Å². The first kappa shape index (κ1) is 27.2. The molecule has 0 saturated carbocycles. The summed E-state index contributed by atoms with van der Waals surface area (Å²) in [5.74, 6) is -0.779. The number of aromatic nitrogens is 2. The SMILES string of the molecule is CC(C)n1c(=O)n(CC2CCCO2)c(=O)c2cc(NC(=O)N3CCCC(N4Cc5ccccc5C4=O)C3)c(F)cc21. The lowest BCUT2D eigenvalue weighted by Gasteiger charge is -2.37. The van der Waals surface area contributed by atoms with Crippen LogP contribution in [0.2, 0.25) is 0 Å². The molecule has 2 atom stereocenters. The molecule has 2 aromatic carbocycles. The third-order valence-corrected chi connectivity index (χ3v) is 8.40. The number of likely N-dealkylation sites (tertiary alicyclic amines) is 1. The monoisotopic (exact) mass is 563 g/mol. The minimum atomic E-state index is -0.741. The first-order valence-corrected chi connectivity index (χ1v) is 14.3. The van der Waals surface area contributed by atoms with Gasteiger partial charge in [0.2, 0.25) is 0 Å². The van der Waals surface area contributed by atoms with E-state index in [2.05, 4.69) is 5.32 Å². The number of fused-ring (bicyclic) bond motifs is 2. The van der Waals surface area contributed by atoms with Gasteiger partial charge in [0.25, 0.3) is 11.5 Å². The lowest BCUT2D eigenvalue weighted by atomic mass is 10.0. The lowest BCUT2D eigenvalue weighted by Crippen LogP contribution is -2.51. The molecule has 3 aliphatic rings. The second kappa shape index (κ2) is 10.8. The van der Waals surface area contributed by atoms with Gasteiger partial charge in [0.1, 0.15) is 5.82 Å². The molecule has 3 aromatic rings. The Bertz CT molecular complexity index is 1640. The van der Waals surface area contributed by atoms with E-state index in [1.807, 2.05) is 29.2 Å². The van der Waals surface area contributed by atoms with Crippen molar-refractivity contribution >= 4 is 28.5 Å². The molecule has 0 aliphatic carbocycles. The molecule has 2 unspecified atom stereocenters. The summed E-state index contributed by atoms with van der Waals surface area (Å²) in [5.41, 5.74) is 0.656. The van der Waals surface area contributed by atoms with E-state index in [4.69, 9.17) is 4.74 Å². The number of carbonyl (C=O) groups excluding carboxylic acids is 2. The van der Waals surface area contributed by atoms with Gasteiger partial charge in [0.15, 0.2) is 0 Å². The van der Waals surface area contributed by atoms with Crippen LogP contribution in [0.25, 0.3) is 10.9 Å². The summed E-state index contributed by atoms with van der Waals surface area (Å²) in [5, 5.41) is 2.79. The molecule has 0 bridgehead atoms. The second-order valence-electron chi connectivity index (χ2n) is 11.4. The highest BCUT2D eigenvalue weighted by Crippen LogP contribution is 2.29. The average Bonchev–Trinajstić information content (AvgIpc) is 3.60. The van der Waals surface area contributed by atoms with Gasteiger partial charge in [0.05, 0.1) is 35.3 Å². The largest absolute Gasteiger partial charge is 0.376 e. The number of hydrogen-bond acceptors (Lipinski definition) is 5. The smallest absolute Gasteiger partial charge is 0.331 e. The maximum atomic E-state index is 15.4. The van der Waals surface area contributed by atoms with Crippen molar-refractivity contribution in [1.29, 1.82) is 0 Å². The molecule has 3 aliphatic heterocycles. The molecule has 41 heavy (non-hydrogen) atoms. The van der Waals surface area contributed by atoms with Crippen molar-refractivity contribution in [3.8, 4) is 0 Å². The Kier molecular flexibility index (Phi) is 7.14. The highest BCUT2D eigenvalue weighted by molar-refractivity contribution is 5.98. The maximum absolute atomic E-state index is 15.4. The van der Waals surface area contributed by atoms with Crippen LogP contribution < -0.4 is 16.6 Å². The molecule has 2 saturated heterocycles. The number of halogens is 1. The fraction of sp³-hybridized carbons (Fsp3) is 0.467. The summed E-state index contributed by atoms with van der Waals surface area (Å²) in [6.45, 7) is 5.59. The molecule has 0 spiro atoms. The summed E-state index contributed by atoms with van der Waals surface area (Å²) in [7, 11) is 0. The van der Waals surface area contributed by atoms with Crippen molar-refractivity contribution in [2.24, 2.45) is 0 Å². The fourth-order valence-corrected chi connectivity index (χ4v) is 6.31. The van der Waals surface area contributed by atoms with Gasteiger partial charge in [-0.05, 0) is 57.2 Å². The molecule has 1 aromatic heterocycles. The van der Waals surface area contributed by atoms with Crippen molar-refractivity contribution in [2.75, 3.05) is 25.0 Å². The third-order valence-electron chi connectivity index (χ3n) is 8.40. The van der Waals surface area contributed by atoms with Crippen molar-refractivity contribution in [1.82, 2.24) is 18.9 Å². The predicted molar refractivity (Wildman–Crippen MR) is 152 cm³/mol. The van der Waals surface area contributed by atoms with Crippen LogP contribution in [-0.2, 0) is 17.8 Å². The Morgan fingerprint density at radius 1 is 1.12 bits per heavy atom. The van der Waals surface area contributed by atoms with Gasteiger partial charge < -0.3 is 19.9 Å². The van der Waals surface area contributed by atoms with Gasteiger partial charge in [0, 0.05) is 43.9 Å². The number of piperidine rings is 1. The van der Waals surface area contributed by atoms with Crippen LogP contribution in [-0.4, -0.2) is 62.7 Å². The van der Waals surface area contributed by atoms with Gasteiger partial charge >= 0.3 is 11.7 Å². The summed E-state index contributed by atoms with van der Waals surface area (Å²) < 4.78 is 23.6. The molecular weight excluding hydrogens is 529 g/mol. The molecule has 1 N–H and O–H groups in total. The number of nitrogens with one attached hydrogen (secondary N) is 1. The third kappa shape index (κ3) is 4.92. The standard InChI is InChI=1S/C30H34FN5O5/c1-18(2)36-26-14-24(31)25(13-23(26)28(38)35(30(36)40)17-21-9-6-12-41-21)32-29(39)33-11-5-8-20(16-33)34-15-19-7-3-4-10-22(19)27(34)37/h3-4,7,10,13-14,18,20-21H,5-6,8-9,11-12,15-17H2,1-2H3,(H,32,39). The molecule has 6 rings (SSSR count). The van der Waals surface area contributed by atoms with Crippen molar-refractivity contribution in [2.45, 2.75) is 70.8 Å². The topological polar surface area (TPSA) is 106 Å². The molecular formula is C30H34FN5O5. The van der Waals surface area contributed by atoms with E-state index < -0.39 is 23.1 Å². The number of benzene rings is 2. The number of anilines is 1. The normalized spacial score (nSPS) is 20.7. The lowest BCUT2D eigenvalue weighted by molar-refractivity contribution is 0.0608. The van der Waals surface area contributed by atoms with Crippen molar-refractivity contribution in [3.63, 3.8) is 0 Å². The highest BCUT2D eigenvalue weighted by atomic mass is 19.1. The summed E-state index contributed by atoms with van der Waals surface area (Å²) in [6.07, 6.45) is 2.85. The van der Waals surface area contributed by atoms with Crippen molar-refractivity contribution < 1.29 is 18.7 Å². The Labute approximate surface area is 236 Å². The molecule has 2 fully saturated rings. The summed E-state index contributed by atoms with van der Waals surface area (Å²) >= 11 is 0. The van der Waals surface area contributed by atoms with Crippen LogP contribution >= 0.6 is 0 Å². The molecule has 4 heterocycles. The van der Waals surface area contributed by atoms with Gasteiger partial charge in [-0.25, -0.2) is 14.0 Å². The van der Waals surface area contributed by atoms with Gasteiger partial charge in [-0.2, -0.15) is 0 Å². The Morgan fingerprint density at radius 2 is 1.93 bits per heavy atom. The number of nitrogens with zero attached hydrogens (tertiary/aromatic N) is 4. The van der Waals surface area contributed by atoms with Crippen molar-refractivity contribution in [3.05, 3.63) is 74.2 Å².